The molecule has 0 radical (unpaired) electrons. The summed E-state index contributed by atoms with van der Waals surface area (Å²) >= 11 is 0. The average Bonchev–Trinajstić information content (AvgIpc) is 2.68. The highest BCUT2D eigenvalue weighted by Crippen LogP contribution is 2.18. The number of carbonyl (C=O) groups excluding carboxylic acids is 3. The highest BCUT2D eigenvalue weighted by Gasteiger charge is 2.32. The van der Waals surface area contributed by atoms with Crippen molar-refractivity contribution in [2.24, 2.45) is 0 Å². The molecule has 3 amide bonds. The molecule has 3 rings (SSSR count). The van der Waals surface area contributed by atoms with Gasteiger partial charge in [-0.3, -0.25) is 14.4 Å². The quantitative estimate of drug-likeness (QED) is 0.767. The van der Waals surface area contributed by atoms with Crippen molar-refractivity contribution in [1.82, 2.24) is 9.80 Å². The van der Waals surface area contributed by atoms with Crippen LogP contribution >= 0.6 is 0 Å². The van der Waals surface area contributed by atoms with Gasteiger partial charge in [0.2, 0.25) is 5.91 Å². The molecule has 1 fully saturated rings. The van der Waals surface area contributed by atoms with Crippen LogP contribution in [0.4, 0.5) is 17.1 Å². The fourth-order valence-corrected chi connectivity index (χ4v) is 2.87. The molecule has 0 aromatic heterocycles. The summed E-state index contributed by atoms with van der Waals surface area (Å²) in [5, 5.41) is 6.02. The summed E-state index contributed by atoms with van der Waals surface area (Å²) in [7, 11) is 0. The number of rotatable bonds is 6. The monoisotopic (exact) mass is 366 g/mol. The predicted molar refractivity (Wildman–Crippen MR) is 104 cm³/mol. The lowest BCUT2D eigenvalue weighted by Gasteiger charge is -2.32. The van der Waals surface area contributed by atoms with Crippen LogP contribution < -0.4 is 10.6 Å². The van der Waals surface area contributed by atoms with E-state index in [9.17, 15) is 14.4 Å². The number of anilines is 3. The Bertz CT molecular complexity index is 821. The molecule has 1 heterocycles. The molecule has 2 N–H and O–H groups in total. The van der Waals surface area contributed by atoms with Gasteiger partial charge in [0.15, 0.2) is 0 Å². The molecule has 1 aliphatic rings. The summed E-state index contributed by atoms with van der Waals surface area (Å²) in [6.45, 7) is 3.00. The first-order valence-electron chi connectivity index (χ1n) is 8.87. The van der Waals surface area contributed by atoms with Crippen LogP contribution in [-0.2, 0) is 14.4 Å². The van der Waals surface area contributed by atoms with Gasteiger partial charge < -0.3 is 20.4 Å². The van der Waals surface area contributed by atoms with Gasteiger partial charge in [-0.2, -0.15) is 0 Å². The summed E-state index contributed by atoms with van der Waals surface area (Å²) in [6, 6.07) is 17.1. The van der Waals surface area contributed by atoms with Crippen molar-refractivity contribution in [3.63, 3.8) is 0 Å². The summed E-state index contributed by atoms with van der Waals surface area (Å²) in [6.07, 6.45) is 0. The minimum atomic E-state index is -0.624. The maximum absolute atomic E-state index is 12.2. The first kappa shape index (κ1) is 18.4. The van der Waals surface area contributed by atoms with Crippen LogP contribution in [0.3, 0.4) is 0 Å². The van der Waals surface area contributed by atoms with Gasteiger partial charge in [0, 0.05) is 36.7 Å². The number of likely N-dealkylation sites (N-methyl/N-ethyl adjacent to an activating group) is 1. The number of piperazine rings is 1. The van der Waals surface area contributed by atoms with Crippen molar-refractivity contribution in [3.05, 3.63) is 54.6 Å². The van der Waals surface area contributed by atoms with E-state index in [0.29, 0.717) is 25.3 Å². The molecule has 1 saturated heterocycles. The van der Waals surface area contributed by atoms with Crippen molar-refractivity contribution in [2.45, 2.75) is 6.92 Å². The zero-order valence-electron chi connectivity index (χ0n) is 15.1. The Morgan fingerprint density at radius 3 is 2.07 bits per heavy atom. The summed E-state index contributed by atoms with van der Waals surface area (Å²) in [5.41, 5.74) is 2.50. The zero-order chi connectivity index (χ0) is 19.2. The number of carbonyl (C=O) groups is 3. The first-order chi connectivity index (χ1) is 13.1. The molecule has 140 valence electrons. The van der Waals surface area contributed by atoms with E-state index in [1.807, 2.05) is 49.4 Å². The van der Waals surface area contributed by atoms with Gasteiger partial charge in [0.25, 0.3) is 0 Å². The molecule has 0 saturated carbocycles. The second-order valence-electron chi connectivity index (χ2n) is 6.23. The molecule has 0 atom stereocenters. The SMILES string of the molecule is CCN1CCN(CC(=O)Nc2ccc(Nc3ccccc3)cc2)C(=O)C1=O. The Hall–Kier alpha value is -3.35. The van der Waals surface area contributed by atoms with Crippen LogP contribution in [0.5, 0.6) is 0 Å². The third kappa shape index (κ3) is 4.63. The van der Waals surface area contributed by atoms with Crippen molar-refractivity contribution in [1.29, 1.82) is 0 Å². The Morgan fingerprint density at radius 2 is 1.41 bits per heavy atom. The number of hydrogen-bond acceptors (Lipinski definition) is 4. The van der Waals surface area contributed by atoms with Crippen molar-refractivity contribution in [3.8, 4) is 0 Å². The van der Waals surface area contributed by atoms with Gasteiger partial charge in [-0.15, -0.1) is 0 Å². The topological polar surface area (TPSA) is 81.8 Å². The Balaban J connectivity index is 1.54. The number of benzene rings is 2. The van der Waals surface area contributed by atoms with Crippen LogP contribution in [-0.4, -0.2) is 53.7 Å². The number of para-hydroxylation sites is 1. The molecule has 7 nitrogen and oxygen atoms in total. The lowest BCUT2D eigenvalue weighted by molar-refractivity contribution is -0.156. The van der Waals surface area contributed by atoms with Gasteiger partial charge in [0.05, 0.1) is 0 Å². The molecule has 7 heteroatoms. The number of hydrogen-bond donors (Lipinski definition) is 2. The second-order valence-corrected chi connectivity index (χ2v) is 6.23. The first-order valence-corrected chi connectivity index (χ1v) is 8.87. The minimum Gasteiger partial charge on any atom is -0.356 e. The maximum atomic E-state index is 12.2. The summed E-state index contributed by atoms with van der Waals surface area (Å²) in [5.74, 6) is -1.50. The zero-order valence-corrected chi connectivity index (χ0v) is 15.1. The minimum absolute atomic E-state index is 0.133. The van der Waals surface area contributed by atoms with E-state index in [1.165, 1.54) is 9.80 Å². The summed E-state index contributed by atoms with van der Waals surface area (Å²) in [4.78, 5) is 38.9. The van der Waals surface area contributed by atoms with Crippen LogP contribution in [0.25, 0.3) is 0 Å². The van der Waals surface area contributed by atoms with E-state index >= 15 is 0 Å². The van der Waals surface area contributed by atoms with E-state index in [2.05, 4.69) is 10.6 Å². The normalized spacial score (nSPS) is 14.3. The molecular formula is C20H22N4O3. The standard InChI is InChI=1S/C20H22N4O3/c1-2-23-12-13-24(20(27)19(23)26)14-18(25)22-17-10-8-16(9-11-17)21-15-6-4-3-5-7-15/h3-11,21H,2,12-14H2,1H3,(H,22,25). The van der Waals surface area contributed by atoms with Crippen molar-refractivity contribution >= 4 is 34.8 Å². The molecule has 27 heavy (non-hydrogen) atoms. The van der Waals surface area contributed by atoms with Gasteiger partial charge in [-0.05, 0) is 43.3 Å². The number of amides is 3. The average molecular weight is 366 g/mol. The number of nitrogens with zero attached hydrogens (tertiary/aromatic N) is 2. The van der Waals surface area contributed by atoms with Gasteiger partial charge in [-0.25, -0.2) is 0 Å². The Morgan fingerprint density at radius 1 is 0.852 bits per heavy atom. The van der Waals surface area contributed by atoms with Gasteiger partial charge in [0.1, 0.15) is 6.54 Å². The van der Waals surface area contributed by atoms with Crippen LogP contribution in [0, 0.1) is 0 Å². The highest BCUT2D eigenvalue weighted by atomic mass is 16.2. The molecule has 2 aromatic carbocycles. The van der Waals surface area contributed by atoms with E-state index in [1.54, 1.807) is 12.1 Å². The molecule has 0 aliphatic carbocycles. The second kappa shape index (κ2) is 8.35. The van der Waals surface area contributed by atoms with E-state index in [-0.39, 0.29) is 12.5 Å². The fraction of sp³-hybridized carbons (Fsp3) is 0.250. The highest BCUT2D eigenvalue weighted by molar-refractivity contribution is 6.35. The van der Waals surface area contributed by atoms with Crippen molar-refractivity contribution < 1.29 is 14.4 Å². The Labute approximate surface area is 158 Å². The third-order valence-corrected chi connectivity index (χ3v) is 4.34. The van der Waals surface area contributed by atoms with Crippen LogP contribution in [0.2, 0.25) is 0 Å². The Kier molecular flexibility index (Phi) is 5.71. The van der Waals surface area contributed by atoms with Crippen LogP contribution in [0.15, 0.2) is 54.6 Å². The molecule has 0 unspecified atom stereocenters. The molecule has 1 aliphatic heterocycles. The molecular weight excluding hydrogens is 344 g/mol. The third-order valence-electron chi connectivity index (χ3n) is 4.34. The van der Waals surface area contributed by atoms with Crippen molar-refractivity contribution in [2.75, 3.05) is 36.8 Å². The molecule has 2 aromatic rings. The lowest BCUT2D eigenvalue weighted by Crippen LogP contribution is -2.55. The maximum Gasteiger partial charge on any atom is 0.312 e. The summed E-state index contributed by atoms with van der Waals surface area (Å²) < 4.78 is 0. The molecule has 0 spiro atoms. The predicted octanol–water partition coefficient (Wildman–Crippen LogP) is 2.06. The smallest absolute Gasteiger partial charge is 0.312 e. The van der Waals surface area contributed by atoms with Gasteiger partial charge in [-0.1, -0.05) is 18.2 Å². The van der Waals surface area contributed by atoms with E-state index in [4.69, 9.17) is 0 Å². The number of nitrogens with one attached hydrogen (secondary N) is 2. The largest absolute Gasteiger partial charge is 0.356 e. The lowest BCUT2D eigenvalue weighted by atomic mass is 10.2. The van der Waals surface area contributed by atoms with E-state index in [0.717, 1.165) is 11.4 Å². The van der Waals surface area contributed by atoms with E-state index < -0.39 is 11.8 Å². The van der Waals surface area contributed by atoms with Gasteiger partial charge >= 0.3 is 11.8 Å². The van der Waals surface area contributed by atoms with Crippen LogP contribution in [0.1, 0.15) is 6.92 Å². The fourth-order valence-electron chi connectivity index (χ4n) is 2.87. The molecule has 0 bridgehead atoms.